The molecule has 10 heterocycles. The average molecular weight is 779 g/mol. The summed E-state index contributed by atoms with van der Waals surface area (Å²) in [4.78, 5) is 10.3. The van der Waals surface area contributed by atoms with E-state index in [2.05, 4.69) is 82.6 Å². The minimum absolute atomic E-state index is 0.331. The largest absolute Gasteiger partial charge is 0.379 e. The van der Waals surface area contributed by atoms with E-state index in [4.69, 9.17) is 15.2 Å². The number of nitrogens with two attached hydrogens (primary N) is 1. The first kappa shape index (κ1) is 38.4. The molecule has 4 fully saturated rings. The maximum absolute atomic E-state index is 10.7. The zero-order valence-electron chi connectivity index (χ0n) is 34.1. The Morgan fingerprint density at radius 1 is 0.632 bits per heavy atom. The fraction of sp³-hybridized carbons (Fsp3) is 0.652. The van der Waals surface area contributed by atoms with Crippen molar-refractivity contribution in [1.29, 1.82) is 0 Å². The molecule has 8 aliphatic heterocycles. The second kappa shape index (κ2) is 17.0. The quantitative estimate of drug-likeness (QED) is 0.253. The highest BCUT2D eigenvalue weighted by Crippen LogP contribution is 2.52. The van der Waals surface area contributed by atoms with Gasteiger partial charge >= 0.3 is 0 Å². The van der Waals surface area contributed by atoms with Crippen LogP contribution in [0, 0.1) is 11.8 Å². The number of nitrogens with one attached hydrogen (secondary N) is 1. The molecule has 8 aliphatic rings. The summed E-state index contributed by atoms with van der Waals surface area (Å²) in [6, 6.07) is 19.0. The van der Waals surface area contributed by atoms with Gasteiger partial charge in [0.2, 0.25) is 0 Å². The molecule has 0 bridgehead atoms. The van der Waals surface area contributed by atoms with Gasteiger partial charge in [0, 0.05) is 93.1 Å². The normalized spacial score (nSPS) is 29.9. The molecule has 308 valence electrons. The molecule has 4 saturated heterocycles. The number of nitrogens with zero attached hydrogens (tertiary/aromatic N) is 6. The Bertz CT molecular complexity index is 1980. The van der Waals surface area contributed by atoms with Crippen molar-refractivity contribution in [2.45, 2.75) is 75.8 Å². The summed E-state index contributed by atoms with van der Waals surface area (Å²) >= 11 is 0. The molecule has 4 N–H and O–H groups in total. The van der Waals surface area contributed by atoms with Gasteiger partial charge < -0.3 is 29.4 Å². The molecule has 57 heavy (non-hydrogen) atoms. The lowest BCUT2D eigenvalue weighted by molar-refractivity contribution is -0.0148. The predicted octanol–water partition coefficient (Wildman–Crippen LogP) is 4.90. The second-order valence-corrected chi connectivity index (χ2v) is 17.9. The molecular formula is C46H66N8O3. The van der Waals surface area contributed by atoms with E-state index in [9.17, 15) is 5.11 Å². The number of hydrogen-bond acceptors (Lipinski definition) is 9. The number of hydrogen-bond donors (Lipinski definition) is 3. The molecule has 11 heteroatoms. The molecule has 0 spiro atoms. The molecule has 12 rings (SSSR count). The summed E-state index contributed by atoms with van der Waals surface area (Å²) in [5, 5.41) is 17.5. The van der Waals surface area contributed by atoms with Crippen LogP contribution in [-0.4, -0.2) is 139 Å². The van der Waals surface area contributed by atoms with Crippen LogP contribution in [0.1, 0.15) is 85.5 Å². The highest BCUT2D eigenvalue weighted by molar-refractivity contribution is 5.87. The van der Waals surface area contributed by atoms with Crippen molar-refractivity contribution in [3.8, 4) is 0 Å². The van der Waals surface area contributed by atoms with Crippen molar-refractivity contribution in [1.82, 2.24) is 34.1 Å². The van der Waals surface area contributed by atoms with Crippen LogP contribution in [-0.2, 0) is 22.3 Å². The maximum atomic E-state index is 10.7. The Hall–Kier alpha value is -2.84. The van der Waals surface area contributed by atoms with Gasteiger partial charge in [-0.2, -0.15) is 0 Å². The number of aliphatic hydroxyl groups excluding tert-OH is 1. The highest BCUT2D eigenvalue weighted by atomic mass is 16.5. The van der Waals surface area contributed by atoms with E-state index in [0.717, 1.165) is 97.5 Å². The van der Waals surface area contributed by atoms with Crippen LogP contribution in [0.5, 0.6) is 0 Å². The second-order valence-electron chi connectivity index (χ2n) is 17.9. The van der Waals surface area contributed by atoms with Crippen LogP contribution in [0.4, 0.5) is 0 Å². The van der Waals surface area contributed by atoms with Crippen LogP contribution >= 0.6 is 0 Å². The standard InChI is InChI=1S/C23H32N4O.C17H20N2O.C6H14N2O/c1-2-6-20-18(5-1)19-7-10-26-9-3-4-17-16-21(27(20)23(19)22(17)26)24-8-11-25-12-14-28-15-13-25;20-15-10-11-4-3-8-18-9-7-13-12-5-1-2-6-14(12)19(15)17(13)16(11)18;7-1-2-8-3-5-9-6-4-8/h1-2,5-6,17,21-22,24H,3-4,7-16H2;1-2,5-6,11,15-16,20H,3-4,7-10H2;1-7H2/t17-,21?,22+;11-,15?,16+;/m00./s1. The monoisotopic (exact) mass is 779 g/mol. The molecule has 0 saturated carbocycles. The summed E-state index contributed by atoms with van der Waals surface area (Å²) < 4.78 is 15.6. The molecule has 0 aliphatic carbocycles. The van der Waals surface area contributed by atoms with Gasteiger partial charge in [0.1, 0.15) is 6.23 Å². The maximum Gasteiger partial charge on any atom is 0.131 e. The van der Waals surface area contributed by atoms with Crippen molar-refractivity contribution in [3.63, 3.8) is 0 Å². The molecule has 0 radical (unpaired) electrons. The number of rotatable bonds is 6. The highest BCUT2D eigenvalue weighted by Gasteiger charge is 2.46. The van der Waals surface area contributed by atoms with Gasteiger partial charge in [-0.15, -0.1) is 0 Å². The molecule has 2 unspecified atom stereocenters. The minimum atomic E-state index is -0.331. The molecule has 4 aromatic rings. The molecule has 6 atom stereocenters. The lowest BCUT2D eigenvalue weighted by Crippen LogP contribution is -2.49. The van der Waals surface area contributed by atoms with Crippen LogP contribution in [0.2, 0.25) is 0 Å². The van der Waals surface area contributed by atoms with E-state index >= 15 is 0 Å². The third kappa shape index (κ3) is 7.29. The van der Waals surface area contributed by atoms with Crippen molar-refractivity contribution < 1.29 is 14.6 Å². The number of fused-ring (bicyclic) bond motifs is 6. The number of aliphatic hydroxyl groups is 1. The molecular weight excluding hydrogens is 713 g/mol. The van der Waals surface area contributed by atoms with Gasteiger partial charge in [-0.1, -0.05) is 36.4 Å². The van der Waals surface area contributed by atoms with E-state index in [0.29, 0.717) is 24.2 Å². The third-order valence-corrected chi connectivity index (χ3v) is 14.8. The first-order valence-electron chi connectivity index (χ1n) is 22.6. The smallest absolute Gasteiger partial charge is 0.131 e. The first-order valence-corrected chi connectivity index (χ1v) is 22.6. The Balaban J connectivity index is 0.000000118. The zero-order chi connectivity index (χ0) is 38.3. The third-order valence-electron chi connectivity index (χ3n) is 14.8. The zero-order valence-corrected chi connectivity index (χ0v) is 34.1. The van der Waals surface area contributed by atoms with E-state index in [1.165, 1.54) is 97.8 Å². The average Bonchev–Trinajstić information content (AvgIpc) is 3.79. The SMILES string of the molecule is NCCN1CCOCC1.OC1C[C@@H]2CCCN3CCc4c(n1c1ccccc41)[C@@H]23.c1ccc2c(c1)c1c3n2C(NCCN2CCOCC2)C[C@@H]2CCCN(CC1)[C@@H]32. The first-order chi connectivity index (χ1) is 28.2. The molecule has 0 amide bonds. The van der Waals surface area contributed by atoms with Gasteiger partial charge in [-0.25, -0.2) is 0 Å². The van der Waals surface area contributed by atoms with Crippen molar-refractivity contribution in [2.24, 2.45) is 17.6 Å². The lowest BCUT2D eigenvalue weighted by atomic mass is 9.78. The van der Waals surface area contributed by atoms with Crippen LogP contribution in [0.15, 0.2) is 48.5 Å². The number of piperidine rings is 2. The predicted molar refractivity (Wildman–Crippen MR) is 226 cm³/mol. The number of para-hydroxylation sites is 2. The van der Waals surface area contributed by atoms with Crippen molar-refractivity contribution >= 4 is 21.8 Å². The topological polar surface area (TPSA) is 99.6 Å². The fourth-order valence-electron chi connectivity index (χ4n) is 12.3. The van der Waals surface area contributed by atoms with E-state index < -0.39 is 0 Å². The van der Waals surface area contributed by atoms with Gasteiger partial charge in [0.05, 0.1) is 50.2 Å². The lowest BCUT2D eigenvalue weighted by Gasteiger charge is -2.49. The van der Waals surface area contributed by atoms with Crippen molar-refractivity contribution in [2.75, 3.05) is 105 Å². The molecule has 2 aromatic heterocycles. The van der Waals surface area contributed by atoms with Crippen LogP contribution in [0.25, 0.3) is 21.8 Å². The van der Waals surface area contributed by atoms with Gasteiger partial charge in [0.15, 0.2) is 0 Å². The summed E-state index contributed by atoms with van der Waals surface area (Å²) in [5.74, 6) is 1.46. The van der Waals surface area contributed by atoms with Crippen LogP contribution < -0.4 is 11.1 Å². The number of aromatic nitrogens is 2. The molecule has 2 aromatic carbocycles. The van der Waals surface area contributed by atoms with Gasteiger partial charge in [-0.05, 0) is 99.6 Å². The molecule has 11 nitrogen and oxygen atoms in total. The van der Waals surface area contributed by atoms with Gasteiger partial charge in [-0.3, -0.25) is 24.9 Å². The Morgan fingerprint density at radius 2 is 1.16 bits per heavy atom. The summed E-state index contributed by atoms with van der Waals surface area (Å²) in [6.07, 6.45) is 9.99. The number of morpholine rings is 2. The Morgan fingerprint density at radius 3 is 1.75 bits per heavy atom. The number of ether oxygens (including phenoxy) is 2. The Labute approximate surface area is 339 Å². The van der Waals surface area contributed by atoms with Crippen LogP contribution in [0.3, 0.4) is 0 Å². The summed E-state index contributed by atoms with van der Waals surface area (Å²) in [6.45, 7) is 16.7. The fourth-order valence-corrected chi connectivity index (χ4v) is 12.3. The summed E-state index contributed by atoms with van der Waals surface area (Å²) in [7, 11) is 0. The van der Waals surface area contributed by atoms with E-state index in [-0.39, 0.29) is 6.23 Å². The Kier molecular flexibility index (Phi) is 11.5. The van der Waals surface area contributed by atoms with Gasteiger partial charge in [0.25, 0.3) is 0 Å². The summed E-state index contributed by atoms with van der Waals surface area (Å²) in [5.41, 5.74) is 14.3. The van der Waals surface area contributed by atoms with E-state index in [1.807, 2.05) is 0 Å². The number of benzene rings is 2. The van der Waals surface area contributed by atoms with Crippen molar-refractivity contribution in [3.05, 3.63) is 71.0 Å². The van der Waals surface area contributed by atoms with E-state index in [1.54, 1.807) is 11.3 Å². The minimum Gasteiger partial charge on any atom is -0.379 e.